The number of ether oxygens (including phenoxy) is 1. The summed E-state index contributed by atoms with van der Waals surface area (Å²) in [5, 5.41) is 19.5. The van der Waals surface area contributed by atoms with E-state index < -0.39 is 0 Å². The molecule has 5 nitrogen and oxygen atoms in total. The topological polar surface area (TPSA) is 70.0 Å². The fraction of sp³-hybridized carbons (Fsp3) is 0.333. The van der Waals surface area contributed by atoms with E-state index in [2.05, 4.69) is 27.5 Å². The largest absolute Gasteiger partial charge is 0.378 e. The van der Waals surface area contributed by atoms with Crippen molar-refractivity contribution >= 4 is 28.1 Å². The molecular formula is C15H18N4OS2. The summed E-state index contributed by atoms with van der Waals surface area (Å²) in [6.45, 7) is 1.25. The molecule has 2 rings (SSSR count). The van der Waals surface area contributed by atoms with E-state index in [-0.39, 0.29) is 0 Å². The first-order valence-corrected chi connectivity index (χ1v) is 8.50. The van der Waals surface area contributed by atoms with E-state index in [0.717, 1.165) is 22.1 Å². The number of allylic oxidation sites excluding steroid dienone is 1. The molecule has 0 bridgehead atoms. The average molecular weight is 334 g/mol. The Balaban J connectivity index is 1.82. The number of methoxy groups -OCH3 is 1. The van der Waals surface area contributed by atoms with Crippen LogP contribution in [0.25, 0.3) is 0 Å². The summed E-state index contributed by atoms with van der Waals surface area (Å²) >= 11 is 2.97. The number of rotatable bonds is 6. The molecule has 0 atom stereocenters. The molecule has 3 N–H and O–H groups in total. The Labute approximate surface area is 138 Å². The van der Waals surface area contributed by atoms with Crippen molar-refractivity contribution in [3.8, 4) is 11.8 Å². The van der Waals surface area contributed by atoms with Gasteiger partial charge in [0.05, 0.1) is 6.61 Å². The van der Waals surface area contributed by atoms with Crippen molar-refractivity contribution in [3.05, 3.63) is 39.0 Å². The zero-order chi connectivity index (χ0) is 15.8. The molecule has 0 amide bonds. The van der Waals surface area contributed by atoms with E-state index in [1.807, 2.05) is 23.9 Å². The van der Waals surface area contributed by atoms with Gasteiger partial charge >= 0.3 is 0 Å². The maximum Gasteiger partial charge on any atom is 0.124 e. The summed E-state index contributed by atoms with van der Waals surface area (Å²) in [4.78, 5) is 4.36. The van der Waals surface area contributed by atoms with Gasteiger partial charge in [0.15, 0.2) is 0 Å². The highest BCUT2D eigenvalue weighted by molar-refractivity contribution is 8.17. The standard InChI is InChI=1S/C15H18N4OS2/c1-17-15(12-6-8-21-14(12)16)18-7-4-3-5-11-10-22-13(19-11)9-20-2/h6,8,10,16-18H,4,7,9H2,1-2H3/b15-12+,16-14?. The summed E-state index contributed by atoms with van der Waals surface area (Å²) in [6, 6.07) is 0. The second-order valence-corrected chi connectivity index (χ2v) is 6.19. The van der Waals surface area contributed by atoms with Gasteiger partial charge in [-0.05, 0) is 17.4 Å². The van der Waals surface area contributed by atoms with E-state index in [1.165, 1.54) is 11.8 Å². The number of nitrogens with zero attached hydrogens (tertiary/aromatic N) is 1. The number of nitrogens with one attached hydrogen (secondary N) is 3. The van der Waals surface area contributed by atoms with E-state index in [1.54, 1.807) is 18.4 Å². The SMILES string of the molecule is CN/C(NCCC#Cc1csc(COC)n1)=C1/C=CSC1=N. The van der Waals surface area contributed by atoms with Crippen LogP contribution in [-0.2, 0) is 11.3 Å². The first kappa shape index (κ1) is 16.6. The van der Waals surface area contributed by atoms with Crippen molar-refractivity contribution in [2.75, 3.05) is 20.7 Å². The van der Waals surface area contributed by atoms with Crippen molar-refractivity contribution in [1.82, 2.24) is 15.6 Å². The van der Waals surface area contributed by atoms with E-state index >= 15 is 0 Å². The molecule has 1 aromatic heterocycles. The lowest BCUT2D eigenvalue weighted by atomic mass is 10.2. The maximum absolute atomic E-state index is 7.82. The zero-order valence-electron chi connectivity index (χ0n) is 12.5. The van der Waals surface area contributed by atoms with E-state index in [4.69, 9.17) is 10.1 Å². The molecule has 0 aromatic carbocycles. The second kappa shape index (κ2) is 8.63. The lowest BCUT2D eigenvalue weighted by Crippen LogP contribution is -2.26. The quantitative estimate of drug-likeness (QED) is 0.550. The first-order chi connectivity index (χ1) is 10.7. The van der Waals surface area contributed by atoms with Crippen LogP contribution in [0.2, 0.25) is 0 Å². The monoisotopic (exact) mass is 334 g/mol. The minimum Gasteiger partial charge on any atom is -0.378 e. The van der Waals surface area contributed by atoms with Gasteiger partial charge in [-0.1, -0.05) is 17.7 Å². The van der Waals surface area contributed by atoms with Crippen molar-refractivity contribution in [2.24, 2.45) is 0 Å². The normalized spacial score (nSPS) is 15.5. The van der Waals surface area contributed by atoms with Crippen molar-refractivity contribution in [3.63, 3.8) is 0 Å². The molecule has 0 radical (unpaired) electrons. The van der Waals surface area contributed by atoms with Gasteiger partial charge in [0.2, 0.25) is 0 Å². The Bertz CT molecular complexity index is 652. The third-order valence-corrected chi connectivity index (χ3v) is 4.32. The Morgan fingerprint density at radius 3 is 3.05 bits per heavy atom. The van der Waals surface area contributed by atoms with Crippen LogP contribution < -0.4 is 10.6 Å². The molecule has 1 aliphatic rings. The first-order valence-electron chi connectivity index (χ1n) is 6.75. The molecule has 116 valence electrons. The van der Waals surface area contributed by atoms with Gasteiger partial charge in [0.1, 0.15) is 21.6 Å². The van der Waals surface area contributed by atoms with Crippen LogP contribution in [0.1, 0.15) is 17.1 Å². The lowest BCUT2D eigenvalue weighted by molar-refractivity contribution is 0.184. The van der Waals surface area contributed by atoms with Crippen LogP contribution in [0.3, 0.4) is 0 Å². The number of thioether (sulfide) groups is 1. The highest BCUT2D eigenvalue weighted by Gasteiger charge is 2.12. The minimum atomic E-state index is 0.532. The minimum absolute atomic E-state index is 0.532. The van der Waals surface area contributed by atoms with Crippen LogP contribution in [0.15, 0.2) is 28.3 Å². The molecule has 2 heterocycles. The Kier molecular flexibility index (Phi) is 6.52. The van der Waals surface area contributed by atoms with Crippen molar-refractivity contribution in [2.45, 2.75) is 13.0 Å². The van der Waals surface area contributed by atoms with Crippen LogP contribution in [0.4, 0.5) is 0 Å². The van der Waals surface area contributed by atoms with Crippen LogP contribution in [-0.4, -0.2) is 30.7 Å². The molecule has 1 aromatic rings. The summed E-state index contributed by atoms with van der Waals surface area (Å²) in [5.74, 6) is 7.02. The van der Waals surface area contributed by atoms with E-state index in [0.29, 0.717) is 24.6 Å². The van der Waals surface area contributed by atoms with Gasteiger partial charge in [-0.3, -0.25) is 5.41 Å². The van der Waals surface area contributed by atoms with Gasteiger partial charge in [-0.2, -0.15) is 0 Å². The number of hydrogen-bond acceptors (Lipinski definition) is 7. The fourth-order valence-electron chi connectivity index (χ4n) is 1.79. The number of hydrogen-bond donors (Lipinski definition) is 3. The molecule has 0 saturated heterocycles. The number of thiazole rings is 1. The lowest BCUT2D eigenvalue weighted by Gasteiger charge is -2.11. The molecular weight excluding hydrogens is 316 g/mol. The molecule has 7 heteroatoms. The van der Waals surface area contributed by atoms with Gasteiger partial charge in [0.25, 0.3) is 0 Å². The van der Waals surface area contributed by atoms with Gasteiger partial charge in [0, 0.05) is 38.1 Å². The fourth-order valence-corrected chi connectivity index (χ4v) is 3.12. The molecule has 1 aliphatic heterocycles. The predicted molar refractivity (Wildman–Crippen MR) is 92.9 cm³/mol. The summed E-state index contributed by atoms with van der Waals surface area (Å²) in [6.07, 6.45) is 2.64. The summed E-state index contributed by atoms with van der Waals surface area (Å²) in [5.41, 5.74) is 1.69. The Hall–Kier alpha value is -1.75. The second-order valence-electron chi connectivity index (χ2n) is 4.33. The molecule has 0 fully saturated rings. The van der Waals surface area contributed by atoms with Gasteiger partial charge < -0.3 is 15.4 Å². The molecule has 0 unspecified atom stereocenters. The van der Waals surface area contributed by atoms with E-state index in [9.17, 15) is 0 Å². The molecule has 0 spiro atoms. The third kappa shape index (κ3) is 4.63. The summed E-state index contributed by atoms with van der Waals surface area (Å²) in [7, 11) is 3.50. The Morgan fingerprint density at radius 2 is 2.36 bits per heavy atom. The molecule has 0 aliphatic carbocycles. The van der Waals surface area contributed by atoms with Crippen LogP contribution >= 0.6 is 23.1 Å². The van der Waals surface area contributed by atoms with Crippen LogP contribution in [0, 0.1) is 17.3 Å². The van der Waals surface area contributed by atoms with Crippen molar-refractivity contribution in [1.29, 1.82) is 5.41 Å². The van der Waals surface area contributed by atoms with Crippen LogP contribution in [0.5, 0.6) is 0 Å². The zero-order valence-corrected chi connectivity index (χ0v) is 14.2. The highest BCUT2D eigenvalue weighted by Crippen LogP contribution is 2.23. The summed E-state index contributed by atoms with van der Waals surface area (Å²) < 4.78 is 5.03. The maximum atomic E-state index is 7.82. The highest BCUT2D eigenvalue weighted by atomic mass is 32.2. The molecule has 0 saturated carbocycles. The van der Waals surface area contributed by atoms with Gasteiger partial charge in [-0.25, -0.2) is 4.98 Å². The Morgan fingerprint density at radius 1 is 1.50 bits per heavy atom. The molecule has 22 heavy (non-hydrogen) atoms. The third-order valence-electron chi connectivity index (χ3n) is 2.77. The smallest absolute Gasteiger partial charge is 0.124 e. The average Bonchev–Trinajstić information content (AvgIpc) is 3.13. The van der Waals surface area contributed by atoms with Gasteiger partial charge in [-0.15, -0.1) is 11.3 Å². The predicted octanol–water partition coefficient (Wildman–Crippen LogP) is 2.29. The number of aromatic nitrogens is 1. The van der Waals surface area contributed by atoms with Crippen molar-refractivity contribution < 1.29 is 4.74 Å².